The van der Waals surface area contributed by atoms with Crippen LogP contribution >= 0.6 is 0 Å². The summed E-state index contributed by atoms with van der Waals surface area (Å²) in [5.74, 6) is 0.521. The van der Waals surface area contributed by atoms with E-state index in [1.807, 2.05) is 49.9 Å². The van der Waals surface area contributed by atoms with E-state index in [2.05, 4.69) is 10.5 Å². The second kappa shape index (κ2) is 8.17. The zero-order chi connectivity index (χ0) is 20.3. The van der Waals surface area contributed by atoms with E-state index in [1.54, 1.807) is 6.92 Å². The highest BCUT2D eigenvalue weighted by molar-refractivity contribution is 6.05. The molecule has 1 aromatic carbocycles. The maximum absolute atomic E-state index is 12.7. The van der Waals surface area contributed by atoms with Gasteiger partial charge in [0.1, 0.15) is 17.0 Å². The average Bonchev–Trinajstić information content (AvgIpc) is 3.30. The Morgan fingerprint density at radius 2 is 1.79 bits per heavy atom. The molecule has 1 N–H and O–H groups in total. The highest BCUT2D eigenvalue weighted by Gasteiger charge is 2.28. The maximum atomic E-state index is 12.7. The van der Waals surface area contributed by atoms with Gasteiger partial charge in [-0.2, -0.15) is 0 Å². The van der Waals surface area contributed by atoms with E-state index in [4.69, 9.17) is 4.52 Å². The Bertz CT molecular complexity index is 841. The minimum atomic E-state index is -0.282. The normalized spacial score (nSPS) is 14.4. The second-order valence-electron chi connectivity index (χ2n) is 8.45. The van der Waals surface area contributed by atoms with Crippen LogP contribution < -0.4 is 5.32 Å². The lowest BCUT2D eigenvalue weighted by Gasteiger charge is -2.16. The first-order chi connectivity index (χ1) is 13.3. The largest absolute Gasteiger partial charge is 0.361 e. The van der Waals surface area contributed by atoms with Gasteiger partial charge in [0.15, 0.2) is 0 Å². The zero-order valence-corrected chi connectivity index (χ0v) is 17.2. The fourth-order valence-electron chi connectivity index (χ4n) is 3.48. The Hall–Kier alpha value is -2.63. The Balaban J connectivity index is 1.61. The predicted molar refractivity (Wildman–Crippen MR) is 108 cm³/mol. The number of hydrogen-bond acceptors (Lipinski definition) is 4. The van der Waals surface area contributed by atoms with Gasteiger partial charge >= 0.3 is 0 Å². The third-order valence-electron chi connectivity index (χ3n) is 5.10. The fourth-order valence-corrected chi connectivity index (χ4v) is 3.48. The molecule has 2 heterocycles. The lowest BCUT2D eigenvalue weighted by Crippen LogP contribution is -2.27. The van der Waals surface area contributed by atoms with Crippen molar-refractivity contribution in [2.24, 2.45) is 0 Å². The number of amides is 2. The molecule has 1 saturated heterocycles. The number of carbonyl (C=O) groups is 2. The van der Waals surface area contributed by atoms with Crippen LogP contribution in [0.25, 0.3) is 0 Å². The number of anilines is 1. The van der Waals surface area contributed by atoms with Gasteiger partial charge in [-0.05, 0) is 43.9 Å². The molecule has 6 heteroatoms. The van der Waals surface area contributed by atoms with E-state index >= 15 is 0 Å². The topological polar surface area (TPSA) is 75.4 Å². The molecule has 2 amide bonds. The van der Waals surface area contributed by atoms with Gasteiger partial charge in [0, 0.05) is 30.6 Å². The lowest BCUT2D eigenvalue weighted by molar-refractivity contribution is -0.130. The first-order valence-electron chi connectivity index (χ1n) is 9.90. The number of aromatic nitrogens is 1. The van der Waals surface area contributed by atoms with Gasteiger partial charge in [0.2, 0.25) is 5.91 Å². The van der Waals surface area contributed by atoms with Crippen LogP contribution in [0.15, 0.2) is 28.8 Å². The standard InChI is InChI=1S/C22H29N3O3/c1-15-19(20(24-28-15)22(2,3)4)21(27)23-17-10-7-16(8-11-17)9-12-18(26)25-13-5-6-14-25/h7-8,10-11H,5-6,9,12-14H2,1-4H3,(H,23,27). The molecular weight excluding hydrogens is 354 g/mol. The summed E-state index contributed by atoms with van der Waals surface area (Å²) in [6.07, 6.45) is 3.47. The Labute approximate surface area is 166 Å². The highest BCUT2D eigenvalue weighted by atomic mass is 16.5. The molecule has 0 saturated carbocycles. The van der Waals surface area contributed by atoms with Crippen LogP contribution in [-0.4, -0.2) is 35.0 Å². The van der Waals surface area contributed by atoms with Crippen LogP contribution in [0.2, 0.25) is 0 Å². The summed E-state index contributed by atoms with van der Waals surface area (Å²) < 4.78 is 5.25. The van der Waals surface area contributed by atoms with Crippen molar-refractivity contribution in [3.8, 4) is 0 Å². The van der Waals surface area contributed by atoms with Crippen LogP contribution in [-0.2, 0) is 16.6 Å². The number of hydrogen-bond donors (Lipinski definition) is 1. The molecule has 28 heavy (non-hydrogen) atoms. The van der Waals surface area contributed by atoms with Crippen molar-refractivity contribution in [2.75, 3.05) is 18.4 Å². The Kier molecular flexibility index (Phi) is 5.87. The molecule has 0 radical (unpaired) electrons. The van der Waals surface area contributed by atoms with Gasteiger partial charge in [-0.1, -0.05) is 38.1 Å². The summed E-state index contributed by atoms with van der Waals surface area (Å²) in [6.45, 7) is 9.53. The van der Waals surface area contributed by atoms with E-state index in [1.165, 1.54) is 0 Å². The number of carbonyl (C=O) groups excluding carboxylic acids is 2. The summed E-state index contributed by atoms with van der Waals surface area (Å²) in [6, 6.07) is 7.65. The van der Waals surface area contributed by atoms with Crippen LogP contribution in [0.5, 0.6) is 0 Å². The smallest absolute Gasteiger partial charge is 0.261 e. The van der Waals surface area contributed by atoms with Crippen molar-refractivity contribution in [1.29, 1.82) is 0 Å². The molecule has 3 rings (SSSR count). The van der Waals surface area contributed by atoms with E-state index in [0.29, 0.717) is 35.5 Å². The van der Waals surface area contributed by atoms with Crippen molar-refractivity contribution >= 4 is 17.5 Å². The van der Waals surface area contributed by atoms with Crippen molar-refractivity contribution in [3.05, 3.63) is 46.8 Å². The lowest BCUT2D eigenvalue weighted by atomic mass is 9.88. The van der Waals surface area contributed by atoms with Crippen LogP contribution in [0.4, 0.5) is 5.69 Å². The summed E-state index contributed by atoms with van der Waals surface area (Å²) in [7, 11) is 0. The molecule has 2 aromatic rings. The molecule has 6 nitrogen and oxygen atoms in total. The van der Waals surface area contributed by atoms with E-state index in [9.17, 15) is 9.59 Å². The monoisotopic (exact) mass is 383 g/mol. The van der Waals surface area contributed by atoms with Crippen molar-refractivity contribution in [1.82, 2.24) is 10.1 Å². The third-order valence-corrected chi connectivity index (χ3v) is 5.10. The molecule has 1 aromatic heterocycles. The van der Waals surface area contributed by atoms with Crippen LogP contribution in [0.3, 0.4) is 0 Å². The minimum absolute atomic E-state index is 0.222. The van der Waals surface area contributed by atoms with Crippen molar-refractivity contribution in [2.45, 2.75) is 58.8 Å². The molecule has 1 aliphatic rings. The van der Waals surface area contributed by atoms with Gasteiger partial charge < -0.3 is 14.7 Å². The molecule has 1 fully saturated rings. The quantitative estimate of drug-likeness (QED) is 0.844. The van der Waals surface area contributed by atoms with E-state index < -0.39 is 0 Å². The number of benzene rings is 1. The molecule has 0 bridgehead atoms. The molecule has 150 valence electrons. The molecule has 1 aliphatic heterocycles. The molecule has 0 unspecified atom stereocenters. The maximum Gasteiger partial charge on any atom is 0.261 e. The average molecular weight is 383 g/mol. The van der Waals surface area contributed by atoms with Crippen LogP contribution in [0.1, 0.15) is 67.4 Å². The predicted octanol–water partition coefficient (Wildman–Crippen LogP) is 4.09. The minimum Gasteiger partial charge on any atom is -0.361 e. The van der Waals surface area contributed by atoms with Crippen molar-refractivity contribution < 1.29 is 14.1 Å². The Morgan fingerprint density at radius 3 is 2.39 bits per heavy atom. The summed E-state index contributed by atoms with van der Waals surface area (Å²) in [4.78, 5) is 26.9. The number of likely N-dealkylation sites (tertiary alicyclic amines) is 1. The molecule has 0 atom stereocenters. The van der Waals surface area contributed by atoms with Gasteiger partial charge in [0.05, 0.1) is 0 Å². The van der Waals surface area contributed by atoms with Crippen LogP contribution in [0, 0.1) is 6.92 Å². The van der Waals surface area contributed by atoms with Gasteiger partial charge in [-0.15, -0.1) is 0 Å². The summed E-state index contributed by atoms with van der Waals surface area (Å²) in [5, 5.41) is 6.99. The summed E-state index contributed by atoms with van der Waals surface area (Å²) in [5.41, 5.74) is 2.66. The van der Waals surface area contributed by atoms with E-state index in [0.717, 1.165) is 31.5 Å². The zero-order valence-electron chi connectivity index (χ0n) is 17.2. The van der Waals surface area contributed by atoms with Gasteiger partial charge in [0.25, 0.3) is 5.91 Å². The van der Waals surface area contributed by atoms with Gasteiger partial charge in [-0.3, -0.25) is 9.59 Å². The SMILES string of the molecule is Cc1onc(C(C)(C)C)c1C(=O)Nc1ccc(CCC(=O)N2CCCC2)cc1. The Morgan fingerprint density at radius 1 is 1.14 bits per heavy atom. The number of aryl methyl sites for hydroxylation is 2. The van der Waals surface area contributed by atoms with E-state index in [-0.39, 0.29) is 17.2 Å². The number of nitrogens with zero attached hydrogens (tertiary/aromatic N) is 2. The second-order valence-corrected chi connectivity index (χ2v) is 8.45. The fraction of sp³-hybridized carbons (Fsp3) is 0.500. The summed E-state index contributed by atoms with van der Waals surface area (Å²) >= 11 is 0. The van der Waals surface area contributed by atoms with Gasteiger partial charge in [-0.25, -0.2) is 0 Å². The molecular formula is C22H29N3O3. The van der Waals surface area contributed by atoms with Crippen molar-refractivity contribution in [3.63, 3.8) is 0 Å². The first-order valence-corrected chi connectivity index (χ1v) is 9.90. The first kappa shape index (κ1) is 20.1. The molecule has 0 aliphatic carbocycles. The highest BCUT2D eigenvalue weighted by Crippen LogP contribution is 2.27. The molecule has 0 spiro atoms. The number of rotatable bonds is 5. The third kappa shape index (κ3) is 4.61. The number of nitrogens with one attached hydrogen (secondary N) is 1.